The van der Waals surface area contributed by atoms with Gasteiger partial charge in [0.15, 0.2) is 0 Å². The molecule has 4 nitrogen and oxygen atoms in total. The van der Waals surface area contributed by atoms with Crippen molar-refractivity contribution < 1.29 is 5.21 Å². The molecule has 1 unspecified atom stereocenters. The molecule has 2 rings (SSSR count). The molecule has 0 bridgehead atoms. The van der Waals surface area contributed by atoms with Gasteiger partial charge in [-0.1, -0.05) is 48.3 Å². The molecule has 1 aliphatic rings. The van der Waals surface area contributed by atoms with E-state index in [2.05, 4.69) is 22.6 Å². The number of nitrogens with zero attached hydrogens (tertiary/aromatic N) is 1. The molecule has 98 valence electrons. The Balaban J connectivity index is 1.92. The molecule has 0 saturated heterocycles. The molecular weight excluding hydrogens is 226 g/mol. The van der Waals surface area contributed by atoms with Crippen molar-refractivity contribution in [1.29, 1.82) is 0 Å². The zero-order chi connectivity index (χ0) is 12.8. The molecule has 1 saturated carbocycles. The van der Waals surface area contributed by atoms with Crippen molar-refractivity contribution in [1.82, 2.24) is 5.32 Å². The van der Waals surface area contributed by atoms with Crippen molar-refractivity contribution >= 4 is 5.84 Å². The molecule has 0 amide bonds. The van der Waals surface area contributed by atoms with Gasteiger partial charge in [-0.05, 0) is 24.4 Å². The van der Waals surface area contributed by atoms with Crippen molar-refractivity contribution in [3.05, 3.63) is 35.9 Å². The molecule has 18 heavy (non-hydrogen) atoms. The van der Waals surface area contributed by atoms with Crippen LogP contribution >= 0.6 is 0 Å². The van der Waals surface area contributed by atoms with Crippen LogP contribution in [0.2, 0.25) is 0 Å². The second-order valence-corrected chi connectivity index (χ2v) is 4.94. The standard InChI is InChI=1S/C14H21N3O/c15-14(17-18)10-13(12-4-2-1-3-5-12)16-9-8-11-6-7-11/h1-5,11,13,16,18H,6-10H2,(H2,15,17). The van der Waals surface area contributed by atoms with Gasteiger partial charge in [-0.3, -0.25) is 0 Å². The van der Waals surface area contributed by atoms with Gasteiger partial charge in [0.05, 0.1) is 0 Å². The molecule has 0 aliphatic heterocycles. The van der Waals surface area contributed by atoms with Gasteiger partial charge < -0.3 is 16.3 Å². The summed E-state index contributed by atoms with van der Waals surface area (Å²) in [4.78, 5) is 0. The molecule has 1 atom stereocenters. The summed E-state index contributed by atoms with van der Waals surface area (Å²) in [6.07, 6.45) is 4.50. The third-order valence-electron chi connectivity index (χ3n) is 3.38. The highest BCUT2D eigenvalue weighted by Gasteiger charge is 2.21. The summed E-state index contributed by atoms with van der Waals surface area (Å²) in [7, 11) is 0. The van der Waals surface area contributed by atoms with Crippen LogP contribution in [0.3, 0.4) is 0 Å². The zero-order valence-electron chi connectivity index (χ0n) is 10.5. The van der Waals surface area contributed by atoms with Crippen molar-refractivity contribution in [2.45, 2.75) is 31.7 Å². The highest BCUT2D eigenvalue weighted by atomic mass is 16.4. The van der Waals surface area contributed by atoms with E-state index in [-0.39, 0.29) is 11.9 Å². The van der Waals surface area contributed by atoms with Crippen LogP contribution in [0.15, 0.2) is 35.5 Å². The summed E-state index contributed by atoms with van der Waals surface area (Å²) in [6, 6.07) is 10.3. The third kappa shape index (κ3) is 4.04. The minimum Gasteiger partial charge on any atom is -0.409 e. The molecule has 4 N–H and O–H groups in total. The predicted molar refractivity (Wildman–Crippen MR) is 72.6 cm³/mol. The van der Waals surface area contributed by atoms with Crippen LogP contribution < -0.4 is 11.1 Å². The van der Waals surface area contributed by atoms with E-state index in [1.807, 2.05) is 18.2 Å². The number of oxime groups is 1. The number of nitrogens with two attached hydrogens (primary N) is 1. The van der Waals surface area contributed by atoms with Gasteiger partial charge in [0.25, 0.3) is 0 Å². The molecule has 1 aromatic rings. The Morgan fingerprint density at radius 1 is 1.39 bits per heavy atom. The maximum atomic E-state index is 8.69. The minimum atomic E-state index is 0.126. The molecule has 1 fully saturated rings. The number of rotatable bonds is 7. The SMILES string of the molecule is NC(CC(NCCC1CC1)c1ccccc1)=NO. The van der Waals surface area contributed by atoms with Crippen LogP contribution in [0.4, 0.5) is 0 Å². The van der Waals surface area contributed by atoms with E-state index in [1.54, 1.807) is 0 Å². The Kier molecular flexibility index (Phi) is 4.59. The van der Waals surface area contributed by atoms with E-state index in [9.17, 15) is 0 Å². The Morgan fingerprint density at radius 2 is 2.11 bits per heavy atom. The lowest BCUT2D eigenvalue weighted by Gasteiger charge is -2.18. The van der Waals surface area contributed by atoms with E-state index in [0.29, 0.717) is 6.42 Å². The van der Waals surface area contributed by atoms with Crippen LogP contribution in [0.1, 0.15) is 37.3 Å². The largest absolute Gasteiger partial charge is 0.409 e. The minimum absolute atomic E-state index is 0.126. The summed E-state index contributed by atoms with van der Waals surface area (Å²) in [5.74, 6) is 1.18. The van der Waals surface area contributed by atoms with E-state index >= 15 is 0 Å². The second-order valence-electron chi connectivity index (χ2n) is 4.94. The van der Waals surface area contributed by atoms with Crippen LogP contribution in [-0.2, 0) is 0 Å². The monoisotopic (exact) mass is 247 g/mol. The maximum Gasteiger partial charge on any atom is 0.141 e. The topological polar surface area (TPSA) is 70.6 Å². The van der Waals surface area contributed by atoms with Gasteiger partial charge in [0.2, 0.25) is 0 Å². The first-order valence-electron chi connectivity index (χ1n) is 6.54. The average Bonchev–Trinajstić information content (AvgIpc) is 3.22. The lowest BCUT2D eigenvalue weighted by molar-refractivity contribution is 0.315. The Morgan fingerprint density at radius 3 is 2.72 bits per heavy atom. The van der Waals surface area contributed by atoms with Crippen molar-refractivity contribution in [3.63, 3.8) is 0 Å². The van der Waals surface area contributed by atoms with E-state index in [1.165, 1.54) is 24.8 Å². The fourth-order valence-corrected chi connectivity index (χ4v) is 2.11. The Bertz CT molecular complexity index is 387. The predicted octanol–water partition coefficient (Wildman–Crippen LogP) is 2.25. The fraction of sp³-hybridized carbons (Fsp3) is 0.500. The second kappa shape index (κ2) is 6.40. The van der Waals surface area contributed by atoms with Gasteiger partial charge in [-0.25, -0.2) is 0 Å². The molecule has 0 heterocycles. The third-order valence-corrected chi connectivity index (χ3v) is 3.38. The average molecular weight is 247 g/mol. The number of hydrogen-bond donors (Lipinski definition) is 3. The fourth-order valence-electron chi connectivity index (χ4n) is 2.11. The highest BCUT2D eigenvalue weighted by Crippen LogP contribution is 2.32. The summed E-state index contributed by atoms with van der Waals surface area (Å²) in [5, 5.41) is 15.3. The van der Waals surface area contributed by atoms with E-state index in [4.69, 9.17) is 10.9 Å². The molecule has 0 aromatic heterocycles. The summed E-state index contributed by atoms with van der Waals surface area (Å²) in [5.41, 5.74) is 6.80. The van der Waals surface area contributed by atoms with Gasteiger partial charge in [-0.2, -0.15) is 0 Å². The Labute approximate surface area is 108 Å². The summed E-state index contributed by atoms with van der Waals surface area (Å²) < 4.78 is 0. The van der Waals surface area contributed by atoms with Crippen LogP contribution in [-0.4, -0.2) is 17.6 Å². The smallest absolute Gasteiger partial charge is 0.141 e. The summed E-state index contributed by atoms with van der Waals surface area (Å²) in [6.45, 7) is 0.989. The number of nitrogens with one attached hydrogen (secondary N) is 1. The van der Waals surface area contributed by atoms with Gasteiger partial charge >= 0.3 is 0 Å². The lowest BCUT2D eigenvalue weighted by Crippen LogP contribution is -2.27. The molecule has 4 heteroatoms. The van der Waals surface area contributed by atoms with E-state index in [0.717, 1.165) is 12.5 Å². The number of amidine groups is 1. The van der Waals surface area contributed by atoms with Gasteiger partial charge in [0, 0.05) is 12.5 Å². The first-order chi connectivity index (χ1) is 8.79. The molecule has 1 aromatic carbocycles. The highest BCUT2D eigenvalue weighted by molar-refractivity contribution is 5.80. The van der Waals surface area contributed by atoms with Gasteiger partial charge in [0.1, 0.15) is 5.84 Å². The van der Waals surface area contributed by atoms with Crippen LogP contribution in [0.5, 0.6) is 0 Å². The first-order valence-corrected chi connectivity index (χ1v) is 6.54. The van der Waals surface area contributed by atoms with Crippen LogP contribution in [0.25, 0.3) is 0 Å². The molecular formula is C14H21N3O. The van der Waals surface area contributed by atoms with E-state index < -0.39 is 0 Å². The lowest BCUT2D eigenvalue weighted by atomic mass is 10.0. The quantitative estimate of drug-likeness (QED) is 0.299. The van der Waals surface area contributed by atoms with Crippen molar-refractivity contribution in [2.75, 3.05) is 6.54 Å². The van der Waals surface area contributed by atoms with Crippen molar-refractivity contribution in [3.8, 4) is 0 Å². The van der Waals surface area contributed by atoms with Gasteiger partial charge in [-0.15, -0.1) is 0 Å². The Hall–Kier alpha value is -1.55. The summed E-state index contributed by atoms with van der Waals surface area (Å²) >= 11 is 0. The molecule has 1 aliphatic carbocycles. The van der Waals surface area contributed by atoms with Crippen LogP contribution in [0, 0.1) is 5.92 Å². The molecule has 0 radical (unpaired) electrons. The number of benzene rings is 1. The normalized spacial score (nSPS) is 17.7. The number of hydrogen-bond acceptors (Lipinski definition) is 3. The first kappa shape index (κ1) is 12.9. The maximum absolute atomic E-state index is 8.69. The van der Waals surface area contributed by atoms with Crippen molar-refractivity contribution in [2.24, 2.45) is 16.8 Å². The molecule has 0 spiro atoms. The zero-order valence-corrected chi connectivity index (χ0v) is 10.5.